The molecule has 2 atom stereocenters. The van der Waals surface area contributed by atoms with Crippen LogP contribution >= 0.6 is 24.0 Å². The first kappa shape index (κ1) is 23.8. The third-order valence-electron chi connectivity index (χ3n) is 5.14. The van der Waals surface area contributed by atoms with E-state index in [-0.39, 0.29) is 30.0 Å². The van der Waals surface area contributed by atoms with Crippen molar-refractivity contribution >= 4 is 29.9 Å². The van der Waals surface area contributed by atoms with Gasteiger partial charge in [0.1, 0.15) is 11.5 Å². The second-order valence-electron chi connectivity index (χ2n) is 6.71. The van der Waals surface area contributed by atoms with E-state index in [1.54, 1.807) is 14.2 Å². The highest BCUT2D eigenvalue weighted by Crippen LogP contribution is 2.29. The fraction of sp³-hybridized carbons (Fsp3) is 0.650. The van der Waals surface area contributed by atoms with Gasteiger partial charge in [-0.05, 0) is 51.1 Å². The van der Waals surface area contributed by atoms with Crippen molar-refractivity contribution in [3.63, 3.8) is 0 Å². The second kappa shape index (κ2) is 12.3. The molecule has 7 heteroatoms. The van der Waals surface area contributed by atoms with Crippen LogP contribution in [0.2, 0.25) is 0 Å². The Morgan fingerprint density at radius 1 is 1.30 bits per heavy atom. The van der Waals surface area contributed by atoms with Gasteiger partial charge in [0, 0.05) is 25.2 Å². The molecule has 2 N–H and O–H groups in total. The van der Waals surface area contributed by atoms with Gasteiger partial charge in [0.05, 0.1) is 20.3 Å². The van der Waals surface area contributed by atoms with Crippen LogP contribution in [0.25, 0.3) is 0 Å². The van der Waals surface area contributed by atoms with Crippen LogP contribution in [0, 0.1) is 0 Å². The molecule has 1 aliphatic rings. The van der Waals surface area contributed by atoms with Crippen molar-refractivity contribution in [1.82, 2.24) is 15.5 Å². The van der Waals surface area contributed by atoms with Crippen molar-refractivity contribution in [1.29, 1.82) is 0 Å². The molecule has 2 rings (SSSR count). The zero-order valence-electron chi connectivity index (χ0n) is 17.2. The number of guanidine groups is 1. The van der Waals surface area contributed by atoms with Crippen LogP contribution in [-0.4, -0.2) is 57.8 Å². The zero-order valence-corrected chi connectivity index (χ0v) is 19.6. The quantitative estimate of drug-likeness (QED) is 0.349. The first-order valence-electron chi connectivity index (χ1n) is 9.56. The summed E-state index contributed by atoms with van der Waals surface area (Å²) in [6, 6.07) is 6.46. The van der Waals surface area contributed by atoms with E-state index in [1.807, 2.05) is 25.2 Å². The summed E-state index contributed by atoms with van der Waals surface area (Å²) in [6.07, 6.45) is 3.87. The van der Waals surface area contributed by atoms with Crippen LogP contribution in [0.1, 0.15) is 44.7 Å². The average molecular weight is 490 g/mol. The van der Waals surface area contributed by atoms with Crippen LogP contribution in [-0.2, 0) is 0 Å². The molecular weight excluding hydrogens is 455 g/mol. The Labute approximate surface area is 181 Å². The molecule has 0 amide bonds. The van der Waals surface area contributed by atoms with E-state index in [2.05, 4.69) is 34.4 Å². The van der Waals surface area contributed by atoms with E-state index in [1.165, 1.54) is 25.8 Å². The summed E-state index contributed by atoms with van der Waals surface area (Å²) in [5, 5.41) is 6.96. The van der Waals surface area contributed by atoms with Crippen LogP contribution in [0.5, 0.6) is 11.5 Å². The number of aliphatic imine (C=N–C) groups is 1. The standard InChI is InChI=1S/C20H34N4O2.HI/c1-6-24-12-8-7-9-16(24)14-22-20(21-3)23-15(2)18-13-17(25-4)10-11-19(18)26-5;/h10-11,13,15-16H,6-9,12,14H2,1-5H3,(H2,21,22,23);1H. The number of hydrogen-bond acceptors (Lipinski definition) is 4. The number of likely N-dealkylation sites (tertiary alicyclic amines) is 1. The van der Waals surface area contributed by atoms with Gasteiger partial charge in [0.2, 0.25) is 0 Å². The Morgan fingerprint density at radius 3 is 2.70 bits per heavy atom. The maximum atomic E-state index is 5.50. The molecule has 0 radical (unpaired) electrons. The first-order chi connectivity index (χ1) is 12.6. The van der Waals surface area contributed by atoms with Gasteiger partial charge in [-0.2, -0.15) is 0 Å². The first-order valence-corrected chi connectivity index (χ1v) is 9.56. The predicted octanol–water partition coefficient (Wildman–Crippen LogP) is 3.42. The maximum absolute atomic E-state index is 5.50. The normalized spacial score (nSPS) is 19.0. The van der Waals surface area contributed by atoms with E-state index in [0.717, 1.165) is 36.1 Å². The molecule has 1 aromatic rings. The van der Waals surface area contributed by atoms with Crippen LogP contribution in [0.3, 0.4) is 0 Å². The van der Waals surface area contributed by atoms with E-state index in [9.17, 15) is 0 Å². The molecule has 0 saturated carbocycles. The topological polar surface area (TPSA) is 58.1 Å². The van der Waals surface area contributed by atoms with Crippen LogP contribution in [0.15, 0.2) is 23.2 Å². The number of rotatable bonds is 7. The summed E-state index contributed by atoms with van der Waals surface area (Å²) in [4.78, 5) is 6.94. The summed E-state index contributed by atoms with van der Waals surface area (Å²) in [5.74, 6) is 2.47. The van der Waals surface area contributed by atoms with E-state index < -0.39 is 0 Å². The van der Waals surface area contributed by atoms with Gasteiger partial charge in [-0.15, -0.1) is 24.0 Å². The fourth-order valence-corrected chi connectivity index (χ4v) is 3.58. The third kappa shape index (κ3) is 6.71. The highest BCUT2D eigenvalue weighted by atomic mass is 127. The number of piperidine rings is 1. The zero-order chi connectivity index (χ0) is 18.9. The van der Waals surface area contributed by atoms with Crippen molar-refractivity contribution in [3.05, 3.63) is 23.8 Å². The molecule has 0 bridgehead atoms. The Kier molecular flexibility index (Phi) is 10.8. The minimum absolute atomic E-state index is 0. The third-order valence-corrected chi connectivity index (χ3v) is 5.14. The molecule has 1 saturated heterocycles. The molecule has 1 aromatic carbocycles. The lowest BCUT2D eigenvalue weighted by atomic mass is 10.0. The Hall–Kier alpha value is -1.22. The number of halogens is 1. The summed E-state index contributed by atoms with van der Waals surface area (Å²) >= 11 is 0. The summed E-state index contributed by atoms with van der Waals surface area (Å²) in [5.41, 5.74) is 1.04. The molecule has 0 aromatic heterocycles. The number of nitrogens with one attached hydrogen (secondary N) is 2. The number of hydrogen-bond donors (Lipinski definition) is 2. The SMILES string of the molecule is CCN1CCCCC1CNC(=NC)NC(C)c1cc(OC)ccc1OC.I. The monoisotopic (exact) mass is 490 g/mol. The summed E-state index contributed by atoms with van der Waals surface area (Å²) in [6.45, 7) is 7.56. The maximum Gasteiger partial charge on any atom is 0.191 e. The van der Waals surface area contributed by atoms with E-state index >= 15 is 0 Å². The molecule has 154 valence electrons. The molecule has 6 nitrogen and oxygen atoms in total. The summed E-state index contributed by atoms with van der Waals surface area (Å²) < 4.78 is 10.9. The van der Waals surface area contributed by atoms with Gasteiger partial charge in [0.25, 0.3) is 0 Å². The molecule has 1 fully saturated rings. The van der Waals surface area contributed by atoms with Gasteiger partial charge in [-0.25, -0.2) is 0 Å². The Morgan fingerprint density at radius 2 is 2.07 bits per heavy atom. The van der Waals surface area contributed by atoms with Gasteiger partial charge in [-0.3, -0.25) is 9.89 Å². The molecule has 2 unspecified atom stereocenters. The highest BCUT2D eigenvalue weighted by Gasteiger charge is 2.21. The molecule has 0 spiro atoms. The van der Waals surface area contributed by atoms with Crippen LogP contribution < -0.4 is 20.1 Å². The van der Waals surface area contributed by atoms with Gasteiger partial charge in [0.15, 0.2) is 5.96 Å². The minimum atomic E-state index is 0. The van der Waals surface area contributed by atoms with Crippen molar-refractivity contribution in [2.45, 2.75) is 45.2 Å². The molecule has 27 heavy (non-hydrogen) atoms. The van der Waals surface area contributed by atoms with Gasteiger partial charge in [-0.1, -0.05) is 13.3 Å². The minimum Gasteiger partial charge on any atom is -0.497 e. The van der Waals surface area contributed by atoms with Gasteiger partial charge >= 0.3 is 0 Å². The van der Waals surface area contributed by atoms with Crippen molar-refractivity contribution in [2.24, 2.45) is 4.99 Å². The van der Waals surface area contributed by atoms with E-state index in [4.69, 9.17) is 9.47 Å². The number of benzene rings is 1. The summed E-state index contributed by atoms with van der Waals surface area (Å²) in [7, 11) is 5.17. The Bertz CT molecular complexity index is 597. The lowest BCUT2D eigenvalue weighted by Gasteiger charge is -2.35. The smallest absolute Gasteiger partial charge is 0.191 e. The Balaban J connectivity index is 0.00000364. The molecule has 1 heterocycles. The fourth-order valence-electron chi connectivity index (χ4n) is 3.58. The molecular formula is C20H35IN4O2. The average Bonchev–Trinajstić information content (AvgIpc) is 2.70. The van der Waals surface area contributed by atoms with E-state index in [0.29, 0.717) is 6.04 Å². The van der Waals surface area contributed by atoms with Crippen molar-refractivity contribution in [3.8, 4) is 11.5 Å². The van der Waals surface area contributed by atoms with Crippen molar-refractivity contribution < 1.29 is 9.47 Å². The number of ether oxygens (including phenoxy) is 2. The number of likely N-dealkylation sites (N-methyl/N-ethyl adjacent to an activating group) is 1. The number of nitrogens with zero attached hydrogens (tertiary/aromatic N) is 2. The van der Waals surface area contributed by atoms with Gasteiger partial charge < -0.3 is 20.1 Å². The molecule has 0 aliphatic carbocycles. The second-order valence-corrected chi connectivity index (χ2v) is 6.71. The lowest BCUT2D eigenvalue weighted by molar-refractivity contribution is 0.157. The van der Waals surface area contributed by atoms with Crippen molar-refractivity contribution in [2.75, 3.05) is 40.9 Å². The van der Waals surface area contributed by atoms with Crippen LogP contribution in [0.4, 0.5) is 0 Å². The predicted molar refractivity (Wildman–Crippen MR) is 123 cm³/mol. The molecule has 1 aliphatic heterocycles. The largest absolute Gasteiger partial charge is 0.497 e. The highest BCUT2D eigenvalue weighted by molar-refractivity contribution is 14.0. The lowest BCUT2D eigenvalue weighted by Crippen LogP contribution is -2.49. The number of methoxy groups -OCH3 is 2.